The Balaban J connectivity index is 1.80. The van der Waals surface area contributed by atoms with Crippen LogP contribution in [-0.2, 0) is 13.1 Å². The molecule has 0 aliphatic carbocycles. The summed E-state index contributed by atoms with van der Waals surface area (Å²) in [6, 6.07) is 9.71. The SMILES string of the molecule is O=C(c1ccc(F)cc1)N1CCn2cccc2C1. The van der Waals surface area contributed by atoms with E-state index in [1.54, 1.807) is 4.90 Å². The molecule has 0 unspecified atom stereocenters. The molecule has 92 valence electrons. The van der Waals surface area contributed by atoms with Crippen molar-refractivity contribution >= 4 is 5.91 Å². The zero-order valence-corrected chi connectivity index (χ0v) is 9.84. The summed E-state index contributed by atoms with van der Waals surface area (Å²) in [5, 5.41) is 0. The average molecular weight is 244 g/mol. The van der Waals surface area contributed by atoms with E-state index in [2.05, 4.69) is 4.57 Å². The van der Waals surface area contributed by atoms with Gasteiger partial charge in [0.1, 0.15) is 5.82 Å². The number of carbonyl (C=O) groups excluding carboxylic acids is 1. The minimum absolute atomic E-state index is 0.0394. The largest absolute Gasteiger partial charge is 0.348 e. The van der Waals surface area contributed by atoms with Crippen LogP contribution in [-0.4, -0.2) is 21.9 Å². The Morgan fingerprint density at radius 2 is 1.89 bits per heavy atom. The fraction of sp³-hybridized carbons (Fsp3) is 0.214. The Kier molecular flexibility index (Phi) is 2.63. The topological polar surface area (TPSA) is 25.2 Å². The van der Waals surface area contributed by atoms with E-state index in [1.807, 2.05) is 18.3 Å². The number of fused-ring (bicyclic) bond motifs is 1. The van der Waals surface area contributed by atoms with Gasteiger partial charge in [-0.05, 0) is 36.4 Å². The molecular weight excluding hydrogens is 231 g/mol. The molecule has 4 heteroatoms. The molecule has 3 nitrogen and oxygen atoms in total. The first-order valence-corrected chi connectivity index (χ1v) is 5.93. The van der Waals surface area contributed by atoms with Gasteiger partial charge in [0, 0.05) is 30.5 Å². The Labute approximate surface area is 104 Å². The minimum Gasteiger partial charge on any atom is -0.348 e. The molecule has 2 aromatic rings. The van der Waals surface area contributed by atoms with Crippen LogP contribution in [0.25, 0.3) is 0 Å². The number of aromatic nitrogens is 1. The van der Waals surface area contributed by atoms with Gasteiger partial charge in [-0.1, -0.05) is 0 Å². The van der Waals surface area contributed by atoms with E-state index in [0.717, 1.165) is 12.2 Å². The molecule has 0 saturated heterocycles. The molecule has 1 aliphatic rings. The number of rotatable bonds is 1. The van der Waals surface area contributed by atoms with Gasteiger partial charge in [0.15, 0.2) is 0 Å². The van der Waals surface area contributed by atoms with Gasteiger partial charge in [0.25, 0.3) is 5.91 Å². The number of nitrogens with zero attached hydrogens (tertiary/aromatic N) is 2. The van der Waals surface area contributed by atoms with Crippen molar-refractivity contribution in [2.75, 3.05) is 6.54 Å². The molecule has 2 heterocycles. The normalized spacial score (nSPS) is 14.4. The average Bonchev–Trinajstić information content (AvgIpc) is 2.86. The lowest BCUT2D eigenvalue weighted by atomic mass is 10.1. The van der Waals surface area contributed by atoms with Crippen LogP contribution in [0.5, 0.6) is 0 Å². The molecule has 0 bridgehead atoms. The molecule has 1 amide bonds. The van der Waals surface area contributed by atoms with E-state index in [0.29, 0.717) is 18.7 Å². The first-order chi connectivity index (χ1) is 8.74. The van der Waals surface area contributed by atoms with Crippen molar-refractivity contribution in [3.05, 3.63) is 59.7 Å². The van der Waals surface area contributed by atoms with Crippen LogP contribution in [0, 0.1) is 5.82 Å². The van der Waals surface area contributed by atoms with Crippen LogP contribution in [0.1, 0.15) is 16.1 Å². The molecule has 0 radical (unpaired) electrons. The minimum atomic E-state index is -0.320. The number of halogens is 1. The summed E-state index contributed by atoms with van der Waals surface area (Å²) in [6.07, 6.45) is 2.02. The van der Waals surface area contributed by atoms with Crippen LogP contribution in [0.15, 0.2) is 42.6 Å². The quantitative estimate of drug-likeness (QED) is 0.755. The maximum Gasteiger partial charge on any atom is 0.254 e. The van der Waals surface area contributed by atoms with E-state index in [1.165, 1.54) is 24.3 Å². The molecule has 1 aliphatic heterocycles. The van der Waals surface area contributed by atoms with Gasteiger partial charge < -0.3 is 9.47 Å². The van der Waals surface area contributed by atoms with Gasteiger partial charge in [-0.3, -0.25) is 4.79 Å². The summed E-state index contributed by atoms with van der Waals surface area (Å²) < 4.78 is 15.0. The number of benzene rings is 1. The maximum absolute atomic E-state index is 12.8. The summed E-state index contributed by atoms with van der Waals surface area (Å²) in [4.78, 5) is 14.0. The molecule has 1 aromatic heterocycles. The van der Waals surface area contributed by atoms with Crippen LogP contribution < -0.4 is 0 Å². The fourth-order valence-corrected chi connectivity index (χ4v) is 2.26. The summed E-state index contributed by atoms with van der Waals surface area (Å²) in [5.74, 6) is -0.360. The molecule has 0 atom stereocenters. The highest BCUT2D eigenvalue weighted by molar-refractivity contribution is 5.94. The van der Waals surface area contributed by atoms with Gasteiger partial charge in [0.05, 0.1) is 6.54 Å². The first kappa shape index (κ1) is 11.0. The zero-order valence-electron chi connectivity index (χ0n) is 9.84. The summed E-state index contributed by atoms with van der Waals surface area (Å²) in [7, 11) is 0. The Morgan fingerprint density at radius 1 is 1.11 bits per heavy atom. The molecule has 0 N–H and O–H groups in total. The first-order valence-electron chi connectivity index (χ1n) is 5.93. The third-order valence-electron chi connectivity index (χ3n) is 3.27. The molecule has 1 aromatic carbocycles. The second-order valence-electron chi connectivity index (χ2n) is 4.43. The van der Waals surface area contributed by atoms with Crippen molar-refractivity contribution in [1.82, 2.24) is 9.47 Å². The third kappa shape index (κ3) is 1.90. The van der Waals surface area contributed by atoms with Gasteiger partial charge >= 0.3 is 0 Å². The van der Waals surface area contributed by atoms with E-state index in [4.69, 9.17) is 0 Å². The zero-order chi connectivity index (χ0) is 12.5. The number of amides is 1. The van der Waals surface area contributed by atoms with E-state index in [9.17, 15) is 9.18 Å². The van der Waals surface area contributed by atoms with Crippen molar-refractivity contribution in [1.29, 1.82) is 0 Å². The standard InChI is InChI=1S/C14H13FN2O/c15-12-5-3-11(4-6-12)14(18)17-9-8-16-7-1-2-13(16)10-17/h1-7H,8-10H2. The van der Waals surface area contributed by atoms with E-state index < -0.39 is 0 Å². The summed E-state index contributed by atoms with van der Waals surface area (Å²) >= 11 is 0. The van der Waals surface area contributed by atoms with E-state index in [-0.39, 0.29) is 11.7 Å². The second kappa shape index (κ2) is 4.29. The van der Waals surface area contributed by atoms with Gasteiger partial charge in [-0.25, -0.2) is 4.39 Å². The van der Waals surface area contributed by atoms with Crippen LogP contribution in [0.4, 0.5) is 4.39 Å². The van der Waals surface area contributed by atoms with Crippen LogP contribution >= 0.6 is 0 Å². The van der Waals surface area contributed by atoms with Crippen molar-refractivity contribution in [3.63, 3.8) is 0 Å². The number of carbonyl (C=O) groups is 1. The molecule has 18 heavy (non-hydrogen) atoms. The molecule has 0 saturated carbocycles. The smallest absolute Gasteiger partial charge is 0.254 e. The van der Waals surface area contributed by atoms with Gasteiger partial charge in [-0.15, -0.1) is 0 Å². The summed E-state index contributed by atoms with van der Waals surface area (Å²) in [5.41, 5.74) is 1.67. The molecule has 0 fully saturated rings. The highest BCUT2D eigenvalue weighted by Gasteiger charge is 2.21. The Hall–Kier alpha value is -2.10. The fourth-order valence-electron chi connectivity index (χ4n) is 2.26. The Bertz CT molecular complexity index is 574. The maximum atomic E-state index is 12.8. The lowest BCUT2D eigenvalue weighted by Gasteiger charge is -2.28. The number of hydrogen-bond donors (Lipinski definition) is 0. The van der Waals surface area contributed by atoms with Crippen molar-refractivity contribution < 1.29 is 9.18 Å². The summed E-state index contributed by atoms with van der Waals surface area (Å²) in [6.45, 7) is 2.12. The van der Waals surface area contributed by atoms with Gasteiger partial charge in [-0.2, -0.15) is 0 Å². The van der Waals surface area contributed by atoms with Crippen molar-refractivity contribution in [2.45, 2.75) is 13.1 Å². The van der Waals surface area contributed by atoms with Crippen LogP contribution in [0.3, 0.4) is 0 Å². The molecular formula is C14H13FN2O. The third-order valence-corrected chi connectivity index (χ3v) is 3.27. The number of hydrogen-bond acceptors (Lipinski definition) is 1. The highest BCUT2D eigenvalue weighted by Crippen LogP contribution is 2.16. The molecule has 3 rings (SSSR count). The predicted octanol–water partition coefficient (Wildman–Crippen LogP) is 2.28. The second-order valence-corrected chi connectivity index (χ2v) is 4.43. The Morgan fingerprint density at radius 3 is 2.67 bits per heavy atom. The predicted molar refractivity (Wildman–Crippen MR) is 65.6 cm³/mol. The van der Waals surface area contributed by atoms with Crippen LogP contribution in [0.2, 0.25) is 0 Å². The lowest BCUT2D eigenvalue weighted by molar-refractivity contribution is 0.0711. The van der Waals surface area contributed by atoms with Crippen molar-refractivity contribution in [2.24, 2.45) is 0 Å². The highest BCUT2D eigenvalue weighted by atomic mass is 19.1. The van der Waals surface area contributed by atoms with Gasteiger partial charge in [0.2, 0.25) is 0 Å². The lowest BCUT2D eigenvalue weighted by Crippen LogP contribution is -2.37. The monoisotopic (exact) mass is 244 g/mol. The molecule has 0 spiro atoms. The van der Waals surface area contributed by atoms with E-state index >= 15 is 0 Å². The van der Waals surface area contributed by atoms with Crippen molar-refractivity contribution in [3.8, 4) is 0 Å².